The number of benzene rings is 1. The van der Waals surface area contributed by atoms with E-state index in [0.717, 1.165) is 4.47 Å². The zero-order valence-corrected chi connectivity index (χ0v) is 13.3. The van der Waals surface area contributed by atoms with Gasteiger partial charge in [-0.1, -0.05) is 15.9 Å². The van der Waals surface area contributed by atoms with E-state index in [1.807, 2.05) is 20.8 Å². The van der Waals surface area contributed by atoms with Crippen LogP contribution in [0.3, 0.4) is 0 Å². The van der Waals surface area contributed by atoms with E-state index in [0.29, 0.717) is 18.8 Å². The fourth-order valence-electron chi connectivity index (χ4n) is 1.87. The Kier molecular flexibility index (Phi) is 4.22. The zero-order chi connectivity index (χ0) is 14.9. The fraction of sp³-hybridized carbons (Fsp3) is 0.500. The number of halogens is 2. The fourth-order valence-corrected chi connectivity index (χ4v) is 2.23. The Labute approximate surface area is 126 Å². The van der Waals surface area contributed by atoms with Crippen LogP contribution < -0.4 is 5.32 Å². The third-order valence-corrected chi connectivity index (χ3v) is 3.31. The van der Waals surface area contributed by atoms with Crippen molar-refractivity contribution >= 4 is 27.7 Å². The van der Waals surface area contributed by atoms with Gasteiger partial charge in [-0.2, -0.15) is 0 Å². The molecule has 0 saturated carbocycles. The van der Waals surface area contributed by atoms with Crippen LogP contribution in [-0.4, -0.2) is 35.7 Å². The lowest BCUT2D eigenvalue weighted by molar-refractivity contribution is 0.0105. The van der Waals surface area contributed by atoms with E-state index < -0.39 is 5.60 Å². The molecule has 0 aromatic heterocycles. The molecule has 0 unspecified atom stereocenters. The van der Waals surface area contributed by atoms with Gasteiger partial charge in [0.15, 0.2) is 0 Å². The smallest absolute Gasteiger partial charge is 0.410 e. The van der Waals surface area contributed by atoms with E-state index in [-0.39, 0.29) is 18.0 Å². The van der Waals surface area contributed by atoms with Crippen molar-refractivity contribution < 1.29 is 13.9 Å². The molecule has 1 fully saturated rings. The standard InChI is InChI=1S/C14H18BrFN2O2/c1-14(2,3)20-13(19)18-7-10(8-18)17-12-6-9(15)4-5-11(12)16/h4-6,10,17H,7-8H2,1-3H3. The maximum absolute atomic E-state index is 13.6. The lowest BCUT2D eigenvalue weighted by Crippen LogP contribution is -2.58. The van der Waals surface area contributed by atoms with Crippen LogP contribution in [0.4, 0.5) is 14.9 Å². The Balaban J connectivity index is 1.85. The Morgan fingerprint density at radius 3 is 2.70 bits per heavy atom. The maximum Gasteiger partial charge on any atom is 0.410 e. The van der Waals surface area contributed by atoms with Crippen LogP contribution >= 0.6 is 15.9 Å². The normalized spacial score (nSPS) is 15.8. The summed E-state index contributed by atoms with van der Waals surface area (Å²) in [6, 6.07) is 4.78. The third kappa shape index (κ3) is 3.85. The summed E-state index contributed by atoms with van der Waals surface area (Å²) in [4.78, 5) is 13.4. The predicted octanol–water partition coefficient (Wildman–Crippen LogP) is 3.62. The van der Waals surface area contributed by atoms with Crippen LogP contribution in [0.25, 0.3) is 0 Å². The average molecular weight is 345 g/mol. The molecular formula is C14H18BrFN2O2. The number of hydrogen-bond acceptors (Lipinski definition) is 3. The number of carbonyl (C=O) groups is 1. The highest BCUT2D eigenvalue weighted by atomic mass is 79.9. The highest BCUT2D eigenvalue weighted by molar-refractivity contribution is 9.10. The lowest BCUT2D eigenvalue weighted by Gasteiger charge is -2.40. The number of ether oxygens (including phenoxy) is 1. The number of nitrogens with zero attached hydrogens (tertiary/aromatic N) is 1. The van der Waals surface area contributed by atoms with Gasteiger partial charge < -0.3 is 15.0 Å². The summed E-state index contributed by atoms with van der Waals surface area (Å²) < 4.78 is 19.7. The van der Waals surface area contributed by atoms with Crippen LogP contribution in [0.5, 0.6) is 0 Å². The SMILES string of the molecule is CC(C)(C)OC(=O)N1CC(Nc2cc(Br)ccc2F)C1. The van der Waals surface area contributed by atoms with E-state index in [4.69, 9.17) is 4.74 Å². The molecule has 1 N–H and O–H groups in total. The van der Waals surface area contributed by atoms with Gasteiger partial charge in [0.25, 0.3) is 0 Å². The molecule has 6 heteroatoms. The van der Waals surface area contributed by atoms with Crippen LogP contribution in [-0.2, 0) is 4.74 Å². The number of rotatable bonds is 2. The van der Waals surface area contributed by atoms with Crippen molar-refractivity contribution in [1.29, 1.82) is 0 Å². The summed E-state index contributed by atoms with van der Waals surface area (Å²) in [5.74, 6) is -0.302. The molecule has 1 aromatic rings. The maximum atomic E-state index is 13.6. The summed E-state index contributed by atoms with van der Waals surface area (Å²) in [6.45, 7) is 6.52. The molecule has 1 amide bonds. The molecule has 0 bridgehead atoms. The largest absolute Gasteiger partial charge is 0.444 e. The van der Waals surface area contributed by atoms with E-state index in [2.05, 4.69) is 21.2 Å². The molecule has 110 valence electrons. The van der Waals surface area contributed by atoms with E-state index >= 15 is 0 Å². The van der Waals surface area contributed by atoms with Crippen LogP contribution in [0.15, 0.2) is 22.7 Å². The second kappa shape index (κ2) is 5.60. The molecular weight excluding hydrogens is 327 g/mol. The monoisotopic (exact) mass is 344 g/mol. The van der Waals surface area contributed by atoms with Crippen molar-refractivity contribution in [3.8, 4) is 0 Å². The number of likely N-dealkylation sites (tertiary alicyclic amines) is 1. The molecule has 4 nitrogen and oxygen atoms in total. The minimum atomic E-state index is -0.494. The Bertz CT molecular complexity index is 510. The van der Waals surface area contributed by atoms with E-state index in [1.54, 1.807) is 17.0 Å². The van der Waals surface area contributed by atoms with Crippen molar-refractivity contribution in [3.63, 3.8) is 0 Å². The first-order valence-electron chi connectivity index (χ1n) is 6.44. The first-order valence-corrected chi connectivity index (χ1v) is 7.23. The van der Waals surface area contributed by atoms with Gasteiger partial charge in [-0.25, -0.2) is 9.18 Å². The number of hydrogen-bond donors (Lipinski definition) is 1. The molecule has 1 heterocycles. The van der Waals surface area contributed by atoms with Gasteiger partial charge in [-0.15, -0.1) is 0 Å². The molecule has 0 atom stereocenters. The molecule has 1 aromatic carbocycles. The van der Waals surface area contributed by atoms with Gasteiger partial charge in [-0.3, -0.25) is 0 Å². The second-order valence-corrected chi connectivity index (χ2v) is 6.77. The third-order valence-electron chi connectivity index (χ3n) is 2.82. The number of amides is 1. The Hall–Kier alpha value is -1.30. The quantitative estimate of drug-likeness (QED) is 0.890. The van der Waals surface area contributed by atoms with Crippen molar-refractivity contribution in [3.05, 3.63) is 28.5 Å². The van der Waals surface area contributed by atoms with Gasteiger partial charge in [0.2, 0.25) is 0 Å². The summed E-state index contributed by atoms with van der Waals surface area (Å²) >= 11 is 3.30. The summed E-state index contributed by atoms with van der Waals surface area (Å²) in [6.07, 6.45) is -0.328. The van der Waals surface area contributed by atoms with Crippen LogP contribution in [0.2, 0.25) is 0 Å². The number of carbonyl (C=O) groups excluding carboxylic acids is 1. The number of anilines is 1. The van der Waals surface area contributed by atoms with Crippen molar-refractivity contribution in [2.75, 3.05) is 18.4 Å². The zero-order valence-electron chi connectivity index (χ0n) is 11.7. The highest BCUT2D eigenvalue weighted by Crippen LogP contribution is 2.23. The van der Waals surface area contributed by atoms with Crippen LogP contribution in [0, 0.1) is 5.82 Å². The minimum Gasteiger partial charge on any atom is -0.444 e. The first-order chi connectivity index (χ1) is 9.24. The molecule has 20 heavy (non-hydrogen) atoms. The average Bonchev–Trinajstić information content (AvgIpc) is 2.24. The van der Waals surface area contributed by atoms with Gasteiger partial charge >= 0.3 is 6.09 Å². The molecule has 1 aliphatic rings. The van der Waals surface area contributed by atoms with Gasteiger partial charge in [0.1, 0.15) is 11.4 Å². The topological polar surface area (TPSA) is 41.6 Å². The Morgan fingerprint density at radius 2 is 2.10 bits per heavy atom. The lowest BCUT2D eigenvalue weighted by atomic mass is 10.1. The second-order valence-electron chi connectivity index (χ2n) is 5.85. The van der Waals surface area contributed by atoms with Gasteiger partial charge in [-0.05, 0) is 39.0 Å². The van der Waals surface area contributed by atoms with Gasteiger partial charge in [0.05, 0.1) is 11.7 Å². The van der Waals surface area contributed by atoms with Crippen molar-refractivity contribution in [2.45, 2.75) is 32.4 Å². The highest BCUT2D eigenvalue weighted by Gasteiger charge is 2.33. The van der Waals surface area contributed by atoms with Gasteiger partial charge in [0, 0.05) is 17.6 Å². The Morgan fingerprint density at radius 1 is 1.45 bits per heavy atom. The first kappa shape index (κ1) is 15.1. The summed E-state index contributed by atoms with van der Waals surface area (Å²) in [5.41, 5.74) is -0.0559. The predicted molar refractivity (Wildman–Crippen MR) is 79.3 cm³/mol. The van der Waals surface area contributed by atoms with Crippen molar-refractivity contribution in [2.24, 2.45) is 0 Å². The van der Waals surface area contributed by atoms with Crippen LogP contribution in [0.1, 0.15) is 20.8 Å². The summed E-state index contributed by atoms with van der Waals surface area (Å²) in [7, 11) is 0. The molecule has 0 radical (unpaired) electrons. The van der Waals surface area contributed by atoms with Crippen molar-refractivity contribution in [1.82, 2.24) is 4.90 Å². The molecule has 0 aliphatic carbocycles. The minimum absolute atomic E-state index is 0.0475. The van der Waals surface area contributed by atoms with E-state index in [1.165, 1.54) is 6.07 Å². The number of nitrogens with one attached hydrogen (secondary N) is 1. The molecule has 2 rings (SSSR count). The molecule has 1 saturated heterocycles. The molecule has 1 aliphatic heterocycles. The van der Waals surface area contributed by atoms with E-state index in [9.17, 15) is 9.18 Å². The summed E-state index contributed by atoms with van der Waals surface area (Å²) in [5, 5.41) is 3.08. The molecule has 0 spiro atoms.